The minimum atomic E-state index is -0.673. The van der Waals surface area contributed by atoms with Crippen molar-refractivity contribution >= 4 is 11.6 Å². The largest absolute Gasteiger partial charge is 0.491 e. The summed E-state index contributed by atoms with van der Waals surface area (Å²) in [6.45, 7) is 7.76. The van der Waals surface area contributed by atoms with Gasteiger partial charge in [-0.2, -0.15) is 0 Å². The third-order valence-electron chi connectivity index (χ3n) is 5.17. The van der Waals surface area contributed by atoms with Crippen molar-refractivity contribution < 1.29 is 24.4 Å². The number of alkyl halides is 1. The van der Waals surface area contributed by atoms with E-state index in [1.54, 1.807) is 0 Å². The Morgan fingerprint density at radius 1 is 0.806 bits per heavy atom. The molecule has 0 fully saturated rings. The van der Waals surface area contributed by atoms with Crippen LogP contribution in [0.15, 0.2) is 48.5 Å². The second-order valence-electron chi connectivity index (χ2n) is 8.19. The van der Waals surface area contributed by atoms with E-state index in [-0.39, 0.29) is 31.1 Å². The molecular formula is C25H35ClO5. The molecule has 2 atom stereocenters. The predicted octanol–water partition coefficient (Wildman–Crippen LogP) is 4.55. The second kappa shape index (κ2) is 12.9. The van der Waals surface area contributed by atoms with Crippen molar-refractivity contribution in [3.05, 3.63) is 59.7 Å². The Balaban J connectivity index is 1.90. The maximum absolute atomic E-state index is 9.97. The van der Waals surface area contributed by atoms with Crippen LogP contribution in [0.4, 0.5) is 0 Å². The Bertz CT molecular complexity index is 746. The topological polar surface area (TPSA) is 68.2 Å². The molecule has 2 aromatic carbocycles. The fraction of sp³-hybridized carbons (Fsp3) is 0.520. The van der Waals surface area contributed by atoms with Crippen molar-refractivity contribution in [2.45, 2.75) is 51.2 Å². The Morgan fingerprint density at radius 2 is 1.29 bits per heavy atom. The highest BCUT2D eigenvalue weighted by Gasteiger charge is 2.23. The van der Waals surface area contributed by atoms with Gasteiger partial charge in [-0.1, -0.05) is 51.5 Å². The molecule has 5 nitrogen and oxygen atoms in total. The fourth-order valence-electron chi connectivity index (χ4n) is 3.05. The van der Waals surface area contributed by atoms with E-state index < -0.39 is 12.2 Å². The molecule has 2 rings (SSSR count). The molecule has 2 unspecified atom stereocenters. The third-order valence-corrected chi connectivity index (χ3v) is 5.52. The summed E-state index contributed by atoms with van der Waals surface area (Å²) >= 11 is 5.59. The first-order valence-electron chi connectivity index (χ1n) is 10.8. The highest BCUT2D eigenvalue weighted by Crippen LogP contribution is 2.33. The molecule has 0 amide bonds. The molecule has 172 valence electrons. The lowest BCUT2D eigenvalue weighted by atomic mass is 9.78. The number of hydrogen-bond donors (Lipinski definition) is 2. The van der Waals surface area contributed by atoms with Gasteiger partial charge in [0.2, 0.25) is 0 Å². The zero-order chi connectivity index (χ0) is 22.7. The molecule has 2 N–H and O–H groups in total. The molecule has 0 radical (unpaired) electrons. The average molecular weight is 451 g/mol. The maximum Gasteiger partial charge on any atom is 0.119 e. The van der Waals surface area contributed by atoms with Crippen molar-refractivity contribution in [2.75, 3.05) is 32.3 Å². The molecule has 0 aliphatic heterocycles. The second-order valence-corrected chi connectivity index (χ2v) is 8.49. The van der Waals surface area contributed by atoms with Crippen LogP contribution >= 0.6 is 11.6 Å². The fourth-order valence-corrected chi connectivity index (χ4v) is 3.13. The highest BCUT2D eigenvalue weighted by atomic mass is 35.5. The van der Waals surface area contributed by atoms with Crippen molar-refractivity contribution in [1.82, 2.24) is 0 Å². The van der Waals surface area contributed by atoms with Crippen molar-refractivity contribution in [3.63, 3.8) is 0 Å². The van der Waals surface area contributed by atoms with E-state index in [0.29, 0.717) is 18.1 Å². The number of aliphatic hydroxyl groups excluding tert-OH is 2. The van der Waals surface area contributed by atoms with Crippen LogP contribution in [0, 0.1) is 0 Å². The van der Waals surface area contributed by atoms with Gasteiger partial charge < -0.3 is 24.4 Å². The van der Waals surface area contributed by atoms with Gasteiger partial charge in [0.15, 0.2) is 0 Å². The van der Waals surface area contributed by atoms with E-state index in [0.717, 1.165) is 24.0 Å². The third kappa shape index (κ3) is 8.34. The lowest BCUT2D eigenvalue weighted by molar-refractivity contribution is 0.0113. The number of ether oxygens (including phenoxy) is 3. The summed E-state index contributed by atoms with van der Waals surface area (Å²) in [6, 6.07) is 15.8. The first kappa shape index (κ1) is 25.5. The number of hydrogen-bond acceptors (Lipinski definition) is 5. The van der Waals surface area contributed by atoms with Gasteiger partial charge in [0.25, 0.3) is 0 Å². The number of halogens is 1. The Hall–Kier alpha value is -1.79. The predicted molar refractivity (Wildman–Crippen MR) is 124 cm³/mol. The lowest BCUT2D eigenvalue weighted by Gasteiger charge is -2.26. The van der Waals surface area contributed by atoms with Gasteiger partial charge in [-0.3, -0.25) is 0 Å². The summed E-state index contributed by atoms with van der Waals surface area (Å²) in [5, 5.41) is 19.5. The quantitative estimate of drug-likeness (QED) is 0.326. The SMILES string of the molecule is CCCCOCC(O)COc1ccc(C(C)(C)c2ccc(OCC(O)CCl)cc2)cc1. The van der Waals surface area contributed by atoms with Gasteiger partial charge in [0.1, 0.15) is 36.9 Å². The normalized spacial score (nSPS) is 13.6. The van der Waals surface area contributed by atoms with Crippen LogP contribution in [0.1, 0.15) is 44.7 Å². The highest BCUT2D eigenvalue weighted by molar-refractivity contribution is 6.18. The number of rotatable bonds is 14. The summed E-state index contributed by atoms with van der Waals surface area (Å²) in [6.07, 6.45) is 0.761. The first-order valence-corrected chi connectivity index (χ1v) is 11.4. The standard InChI is InChI=1S/C25H35ClO5/c1-4-5-14-29-16-22(28)18-31-24-12-8-20(9-13-24)25(2,3)19-6-10-23(11-7-19)30-17-21(27)15-26/h6-13,21-22,27-28H,4-5,14-18H2,1-3H3. The number of aliphatic hydroxyl groups is 2. The van der Waals surface area contributed by atoms with Crippen molar-refractivity contribution in [1.29, 1.82) is 0 Å². The van der Waals surface area contributed by atoms with Crippen LogP contribution in [-0.2, 0) is 10.2 Å². The molecule has 0 bridgehead atoms. The molecule has 0 saturated heterocycles. The number of benzene rings is 2. The molecule has 0 aliphatic carbocycles. The van der Waals surface area contributed by atoms with E-state index in [9.17, 15) is 10.2 Å². The Morgan fingerprint density at radius 3 is 1.74 bits per heavy atom. The Kier molecular flexibility index (Phi) is 10.6. The molecule has 2 aromatic rings. The smallest absolute Gasteiger partial charge is 0.119 e. The minimum Gasteiger partial charge on any atom is -0.491 e. The average Bonchev–Trinajstić information content (AvgIpc) is 2.79. The van der Waals surface area contributed by atoms with E-state index >= 15 is 0 Å². The zero-order valence-corrected chi connectivity index (χ0v) is 19.5. The van der Waals surface area contributed by atoms with E-state index in [1.165, 1.54) is 0 Å². The Labute approximate surface area is 190 Å². The zero-order valence-electron chi connectivity index (χ0n) is 18.7. The molecule has 0 aliphatic rings. The van der Waals surface area contributed by atoms with E-state index in [1.807, 2.05) is 48.5 Å². The monoisotopic (exact) mass is 450 g/mol. The summed E-state index contributed by atoms with van der Waals surface area (Å²) < 4.78 is 16.7. The molecule has 0 aromatic heterocycles. The molecule has 31 heavy (non-hydrogen) atoms. The van der Waals surface area contributed by atoms with Crippen molar-refractivity contribution in [3.8, 4) is 11.5 Å². The van der Waals surface area contributed by atoms with Crippen LogP contribution in [0.3, 0.4) is 0 Å². The summed E-state index contributed by atoms with van der Waals surface area (Å²) in [7, 11) is 0. The van der Waals surface area contributed by atoms with Gasteiger partial charge in [-0.25, -0.2) is 0 Å². The molecule has 0 saturated carbocycles. The molecule has 0 spiro atoms. The van der Waals surface area contributed by atoms with Gasteiger partial charge in [0.05, 0.1) is 12.5 Å². The molecular weight excluding hydrogens is 416 g/mol. The maximum atomic E-state index is 9.97. The summed E-state index contributed by atoms with van der Waals surface area (Å²) in [5.41, 5.74) is 2.08. The molecule has 0 heterocycles. The van der Waals surface area contributed by atoms with Crippen LogP contribution < -0.4 is 9.47 Å². The van der Waals surface area contributed by atoms with Crippen molar-refractivity contribution in [2.24, 2.45) is 0 Å². The van der Waals surface area contributed by atoms with E-state index in [4.69, 9.17) is 25.8 Å². The minimum absolute atomic E-state index is 0.149. The van der Waals surface area contributed by atoms with Crippen LogP contribution in [0.2, 0.25) is 0 Å². The van der Waals surface area contributed by atoms with Crippen LogP contribution in [0.5, 0.6) is 11.5 Å². The first-order chi connectivity index (χ1) is 14.9. The van der Waals surface area contributed by atoms with Gasteiger partial charge in [-0.15, -0.1) is 11.6 Å². The van der Waals surface area contributed by atoms with Crippen LogP contribution in [-0.4, -0.2) is 54.7 Å². The number of unbranched alkanes of at least 4 members (excludes halogenated alkanes) is 1. The van der Waals surface area contributed by atoms with Crippen LogP contribution in [0.25, 0.3) is 0 Å². The molecule has 6 heteroatoms. The van der Waals surface area contributed by atoms with E-state index in [2.05, 4.69) is 20.8 Å². The van der Waals surface area contributed by atoms with Gasteiger partial charge >= 0.3 is 0 Å². The summed E-state index contributed by atoms with van der Waals surface area (Å²) in [4.78, 5) is 0. The van der Waals surface area contributed by atoms with Gasteiger partial charge in [0, 0.05) is 12.0 Å². The lowest BCUT2D eigenvalue weighted by Crippen LogP contribution is -2.23. The summed E-state index contributed by atoms with van der Waals surface area (Å²) in [5.74, 6) is 1.56. The van der Waals surface area contributed by atoms with Gasteiger partial charge in [-0.05, 0) is 41.8 Å².